The molecule has 1 aliphatic heterocycles. The number of nitrogens with two attached hydrogens (primary N) is 1. The zero-order chi connectivity index (χ0) is 18.6. The van der Waals surface area contributed by atoms with Crippen LogP contribution in [0, 0.1) is 11.8 Å². The smallest absolute Gasteiger partial charge is 0.159 e. The van der Waals surface area contributed by atoms with Gasteiger partial charge in [0.05, 0.1) is 17.4 Å². The van der Waals surface area contributed by atoms with Crippen LogP contribution in [0.5, 0.6) is 0 Å². The van der Waals surface area contributed by atoms with Crippen molar-refractivity contribution in [3.05, 3.63) is 60.2 Å². The van der Waals surface area contributed by atoms with Crippen LogP contribution in [0.25, 0.3) is 22.2 Å². The summed E-state index contributed by atoms with van der Waals surface area (Å²) in [5.41, 5.74) is 10.2. The first-order valence-corrected chi connectivity index (χ1v) is 9.40. The fraction of sp³-hybridized carbons (Fsp3) is 0.304. The van der Waals surface area contributed by atoms with Crippen LogP contribution in [0.15, 0.2) is 54.6 Å². The van der Waals surface area contributed by atoms with Gasteiger partial charge >= 0.3 is 0 Å². The number of para-hydroxylation sites is 1. The van der Waals surface area contributed by atoms with Gasteiger partial charge in [-0.2, -0.15) is 0 Å². The molecule has 1 saturated heterocycles. The Hall–Kier alpha value is -2.58. The zero-order valence-corrected chi connectivity index (χ0v) is 15.4. The molecule has 2 heterocycles. The molecule has 3 atom stereocenters. The molecule has 0 unspecified atom stereocenters. The Kier molecular flexibility index (Phi) is 5.26. The maximum absolute atomic E-state index is 5.97. The molecule has 0 amide bonds. The van der Waals surface area contributed by atoms with Crippen molar-refractivity contribution >= 4 is 10.9 Å². The molecule has 1 aliphatic rings. The number of nitrogens with one attached hydrogen (secondary N) is 1. The first-order valence-electron chi connectivity index (χ1n) is 9.40. The summed E-state index contributed by atoms with van der Waals surface area (Å²) in [4.78, 5) is 3.50. The van der Waals surface area contributed by atoms with Gasteiger partial charge in [0.25, 0.3) is 0 Å². The third-order valence-electron chi connectivity index (χ3n) is 5.03. The van der Waals surface area contributed by atoms with Gasteiger partial charge in [-0.15, -0.1) is 0 Å². The van der Waals surface area contributed by atoms with Crippen LogP contribution in [0.1, 0.15) is 25.3 Å². The van der Waals surface area contributed by atoms with Crippen molar-refractivity contribution in [2.45, 2.75) is 38.2 Å². The summed E-state index contributed by atoms with van der Waals surface area (Å²) in [5, 5.41) is 1.12. The lowest BCUT2D eigenvalue weighted by Gasteiger charge is -2.31. The van der Waals surface area contributed by atoms with Crippen molar-refractivity contribution in [3.63, 3.8) is 0 Å². The second-order valence-corrected chi connectivity index (χ2v) is 6.91. The van der Waals surface area contributed by atoms with Crippen molar-refractivity contribution in [2.75, 3.05) is 6.61 Å². The Bertz CT molecular complexity index is 968. The van der Waals surface area contributed by atoms with Gasteiger partial charge in [0, 0.05) is 16.9 Å². The van der Waals surface area contributed by atoms with E-state index in [4.69, 9.17) is 15.2 Å². The summed E-state index contributed by atoms with van der Waals surface area (Å²) in [5.74, 6) is 6.47. The molecule has 0 spiro atoms. The summed E-state index contributed by atoms with van der Waals surface area (Å²) >= 11 is 0. The molecule has 2 aromatic carbocycles. The fourth-order valence-electron chi connectivity index (χ4n) is 3.45. The van der Waals surface area contributed by atoms with Crippen LogP contribution < -0.4 is 5.73 Å². The fourth-order valence-corrected chi connectivity index (χ4v) is 3.45. The molecule has 3 aromatic rings. The first-order chi connectivity index (χ1) is 13.2. The van der Waals surface area contributed by atoms with E-state index in [0.717, 1.165) is 40.6 Å². The molecule has 0 saturated carbocycles. The third-order valence-corrected chi connectivity index (χ3v) is 5.03. The molecule has 1 aromatic heterocycles. The molecule has 1 fully saturated rings. The number of benzene rings is 2. The molecule has 4 heteroatoms. The van der Waals surface area contributed by atoms with Crippen molar-refractivity contribution in [1.29, 1.82) is 0 Å². The van der Waals surface area contributed by atoms with Crippen LogP contribution in [-0.4, -0.2) is 30.0 Å². The minimum absolute atomic E-state index is 0.0232. The van der Waals surface area contributed by atoms with Crippen LogP contribution in [-0.2, 0) is 9.47 Å². The quantitative estimate of drug-likeness (QED) is 0.693. The van der Waals surface area contributed by atoms with E-state index in [9.17, 15) is 0 Å². The number of hydrogen-bond donors (Lipinski definition) is 2. The number of fused-ring (bicyclic) bond motifs is 1. The van der Waals surface area contributed by atoms with Gasteiger partial charge < -0.3 is 20.2 Å². The normalized spacial score (nSPS) is 22.4. The minimum Gasteiger partial charge on any atom is -0.353 e. The maximum atomic E-state index is 5.97. The van der Waals surface area contributed by atoms with Gasteiger partial charge in [-0.1, -0.05) is 60.4 Å². The van der Waals surface area contributed by atoms with Gasteiger partial charge in [-0.3, -0.25) is 0 Å². The number of ether oxygens (including phenoxy) is 2. The number of aromatic nitrogens is 1. The van der Waals surface area contributed by atoms with Crippen LogP contribution in [0.3, 0.4) is 0 Å². The van der Waals surface area contributed by atoms with E-state index < -0.39 is 0 Å². The Morgan fingerprint density at radius 1 is 1.11 bits per heavy atom. The Labute approximate surface area is 159 Å². The lowest BCUT2D eigenvalue weighted by Crippen LogP contribution is -2.43. The predicted molar refractivity (Wildman–Crippen MR) is 108 cm³/mol. The summed E-state index contributed by atoms with van der Waals surface area (Å²) in [6.45, 7) is 2.32. The standard InChI is InChI=1S/C23H24N2O2/c1-16-20(24)13-14-22(27-16)26-15-7-11-19-18-10-5-6-12-21(18)25-23(19)17-8-3-2-4-9-17/h2-6,8-10,12,16,20,22,25H,13-15,24H2,1H3/t16-,20-,22+/m0/s1. The zero-order valence-electron chi connectivity index (χ0n) is 15.4. The summed E-state index contributed by atoms with van der Waals surface area (Å²) in [7, 11) is 0. The van der Waals surface area contributed by atoms with E-state index in [1.165, 1.54) is 0 Å². The van der Waals surface area contributed by atoms with Gasteiger partial charge in [0.2, 0.25) is 0 Å². The summed E-state index contributed by atoms with van der Waals surface area (Å²) in [6.07, 6.45) is 1.54. The molecule has 4 rings (SSSR count). The molecule has 0 aliphatic carbocycles. The van der Waals surface area contributed by atoms with Gasteiger partial charge in [0.15, 0.2) is 6.29 Å². The molecule has 138 valence electrons. The average Bonchev–Trinajstić information content (AvgIpc) is 3.07. The van der Waals surface area contributed by atoms with Crippen LogP contribution in [0.4, 0.5) is 0 Å². The van der Waals surface area contributed by atoms with Gasteiger partial charge in [0.1, 0.15) is 6.61 Å². The SMILES string of the molecule is C[C@@H]1O[C@@H](OCC#Cc2c(-c3ccccc3)[nH]c3ccccc23)CC[C@@H]1N. The largest absolute Gasteiger partial charge is 0.353 e. The molecular weight excluding hydrogens is 336 g/mol. The lowest BCUT2D eigenvalue weighted by atomic mass is 10.0. The predicted octanol–water partition coefficient (Wildman–Crippen LogP) is 4.06. The summed E-state index contributed by atoms with van der Waals surface area (Å²) < 4.78 is 11.6. The highest BCUT2D eigenvalue weighted by Gasteiger charge is 2.25. The topological polar surface area (TPSA) is 60.3 Å². The molecule has 27 heavy (non-hydrogen) atoms. The van der Waals surface area contributed by atoms with Crippen LogP contribution >= 0.6 is 0 Å². The van der Waals surface area contributed by atoms with Crippen molar-refractivity contribution in [1.82, 2.24) is 4.98 Å². The molecule has 3 N–H and O–H groups in total. The van der Waals surface area contributed by atoms with E-state index in [1.54, 1.807) is 0 Å². The molecule has 0 bridgehead atoms. The highest BCUT2D eigenvalue weighted by Crippen LogP contribution is 2.29. The van der Waals surface area contributed by atoms with E-state index in [0.29, 0.717) is 6.61 Å². The number of hydrogen-bond acceptors (Lipinski definition) is 3. The van der Waals surface area contributed by atoms with E-state index in [1.807, 2.05) is 37.3 Å². The van der Waals surface area contributed by atoms with E-state index >= 15 is 0 Å². The van der Waals surface area contributed by atoms with E-state index in [-0.39, 0.29) is 18.4 Å². The molecule has 0 radical (unpaired) electrons. The van der Waals surface area contributed by atoms with Crippen LogP contribution in [0.2, 0.25) is 0 Å². The van der Waals surface area contributed by atoms with Gasteiger partial charge in [-0.05, 0) is 31.4 Å². The second-order valence-electron chi connectivity index (χ2n) is 6.91. The average molecular weight is 360 g/mol. The number of aromatic amines is 1. The molecular formula is C23H24N2O2. The molecule has 4 nitrogen and oxygen atoms in total. The lowest BCUT2D eigenvalue weighted by molar-refractivity contribution is -0.187. The summed E-state index contributed by atoms with van der Waals surface area (Å²) in [6, 6.07) is 18.6. The Morgan fingerprint density at radius 3 is 2.70 bits per heavy atom. The first kappa shape index (κ1) is 17.8. The second kappa shape index (κ2) is 7.98. The Balaban J connectivity index is 1.55. The van der Waals surface area contributed by atoms with Crippen molar-refractivity contribution < 1.29 is 9.47 Å². The Morgan fingerprint density at radius 2 is 1.89 bits per heavy atom. The number of H-pyrrole nitrogens is 1. The van der Waals surface area contributed by atoms with Crippen molar-refractivity contribution in [2.24, 2.45) is 5.73 Å². The minimum atomic E-state index is -0.217. The van der Waals surface area contributed by atoms with Crippen molar-refractivity contribution in [3.8, 4) is 23.1 Å². The van der Waals surface area contributed by atoms with Gasteiger partial charge in [-0.25, -0.2) is 0 Å². The third kappa shape index (κ3) is 3.91. The highest BCUT2D eigenvalue weighted by molar-refractivity contribution is 5.93. The highest BCUT2D eigenvalue weighted by atomic mass is 16.7. The number of rotatable bonds is 3. The van der Waals surface area contributed by atoms with E-state index in [2.05, 4.69) is 41.1 Å². The monoisotopic (exact) mass is 360 g/mol. The maximum Gasteiger partial charge on any atom is 0.159 e.